The van der Waals surface area contributed by atoms with Gasteiger partial charge in [-0.3, -0.25) is 0 Å². The first-order valence-corrected chi connectivity index (χ1v) is 8.07. The molecule has 1 aromatic rings. The van der Waals surface area contributed by atoms with E-state index in [9.17, 15) is 0 Å². The maximum atomic E-state index is 9.00. The van der Waals surface area contributed by atoms with Crippen molar-refractivity contribution in [3.8, 4) is 11.8 Å². The van der Waals surface area contributed by atoms with Gasteiger partial charge in [-0.05, 0) is 49.3 Å². The number of ether oxygens (including phenoxy) is 1. The third-order valence-electron chi connectivity index (χ3n) is 4.52. The molecule has 1 saturated carbocycles. The minimum atomic E-state index is 0.598. The highest BCUT2D eigenvalue weighted by atomic mass is 16.5. The number of nitrogens with one attached hydrogen (secondary N) is 1. The number of nitrogens with zero attached hydrogens (tertiary/aromatic N) is 1. The highest BCUT2D eigenvalue weighted by molar-refractivity contribution is 5.45. The number of benzene rings is 1. The van der Waals surface area contributed by atoms with Gasteiger partial charge in [0.25, 0.3) is 0 Å². The Balaban J connectivity index is 1.83. The predicted molar refractivity (Wildman–Crippen MR) is 85.2 cm³/mol. The van der Waals surface area contributed by atoms with Crippen LogP contribution in [0, 0.1) is 17.2 Å². The topological polar surface area (TPSA) is 45.0 Å². The molecule has 1 N–H and O–H groups in total. The Morgan fingerprint density at radius 2 is 2.05 bits per heavy atom. The van der Waals surface area contributed by atoms with Crippen molar-refractivity contribution in [1.29, 1.82) is 5.26 Å². The average molecular weight is 286 g/mol. The first-order chi connectivity index (χ1) is 10.3. The Kier molecular flexibility index (Phi) is 6.07. The molecule has 1 fully saturated rings. The van der Waals surface area contributed by atoms with Crippen LogP contribution in [0.25, 0.3) is 0 Å². The molecule has 0 aromatic heterocycles. The molecule has 21 heavy (non-hydrogen) atoms. The largest absolute Gasteiger partial charge is 0.495 e. The number of methoxy groups -OCH3 is 1. The van der Waals surface area contributed by atoms with Crippen molar-refractivity contribution >= 4 is 0 Å². The van der Waals surface area contributed by atoms with Gasteiger partial charge in [-0.2, -0.15) is 5.26 Å². The summed E-state index contributed by atoms with van der Waals surface area (Å²) in [5, 5.41) is 12.6. The van der Waals surface area contributed by atoms with Crippen molar-refractivity contribution in [2.45, 2.75) is 58.0 Å². The Morgan fingerprint density at radius 1 is 1.29 bits per heavy atom. The van der Waals surface area contributed by atoms with E-state index in [1.807, 2.05) is 18.2 Å². The second-order valence-corrected chi connectivity index (χ2v) is 6.03. The molecule has 1 aliphatic rings. The lowest BCUT2D eigenvalue weighted by atomic mass is 9.83. The van der Waals surface area contributed by atoms with E-state index in [1.54, 1.807) is 7.11 Å². The monoisotopic (exact) mass is 286 g/mol. The van der Waals surface area contributed by atoms with Gasteiger partial charge in [0.2, 0.25) is 0 Å². The lowest BCUT2D eigenvalue weighted by molar-refractivity contribution is 0.277. The summed E-state index contributed by atoms with van der Waals surface area (Å²) in [5.41, 5.74) is 1.78. The second kappa shape index (κ2) is 8.05. The third-order valence-corrected chi connectivity index (χ3v) is 4.52. The molecule has 0 bridgehead atoms. The molecule has 1 aromatic carbocycles. The Bertz CT molecular complexity index is 484. The molecule has 0 amide bonds. The van der Waals surface area contributed by atoms with E-state index >= 15 is 0 Å². The molecule has 0 heterocycles. The maximum absolute atomic E-state index is 9.00. The molecule has 1 aliphatic carbocycles. The normalized spacial score (nSPS) is 21.8. The zero-order valence-corrected chi connectivity index (χ0v) is 13.2. The number of hydrogen-bond donors (Lipinski definition) is 1. The highest BCUT2D eigenvalue weighted by Gasteiger charge is 2.20. The Labute approximate surface area is 128 Å². The summed E-state index contributed by atoms with van der Waals surface area (Å²) in [7, 11) is 1.61. The zero-order chi connectivity index (χ0) is 15.1. The first-order valence-electron chi connectivity index (χ1n) is 8.07. The fourth-order valence-electron chi connectivity index (χ4n) is 3.26. The van der Waals surface area contributed by atoms with Gasteiger partial charge in [0, 0.05) is 12.6 Å². The van der Waals surface area contributed by atoms with Gasteiger partial charge >= 0.3 is 0 Å². The Hall–Kier alpha value is -1.53. The van der Waals surface area contributed by atoms with Crippen molar-refractivity contribution in [3.63, 3.8) is 0 Å². The van der Waals surface area contributed by atoms with Crippen LogP contribution in [0.1, 0.15) is 56.6 Å². The highest BCUT2D eigenvalue weighted by Crippen LogP contribution is 2.28. The zero-order valence-electron chi connectivity index (χ0n) is 13.2. The van der Waals surface area contributed by atoms with Crippen LogP contribution < -0.4 is 10.1 Å². The van der Waals surface area contributed by atoms with Gasteiger partial charge in [-0.15, -0.1) is 0 Å². The van der Waals surface area contributed by atoms with Crippen LogP contribution in [0.4, 0.5) is 0 Å². The SMILES string of the molecule is CCCC1CCC(NCc2ccc(C#N)c(OC)c2)CC1. The predicted octanol–water partition coefficient (Wildman–Crippen LogP) is 4.02. The van der Waals surface area contributed by atoms with Crippen LogP contribution in [0.15, 0.2) is 18.2 Å². The van der Waals surface area contributed by atoms with Crippen molar-refractivity contribution in [3.05, 3.63) is 29.3 Å². The fourth-order valence-corrected chi connectivity index (χ4v) is 3.26. The number of hydrogen-bond acceptors (Lipinski definition) is 3. The van der Waals surface area contributed by atoms with Gasteiger partial charge < -0.3 is 10.1 Å². The van der Waals surface area contributed by atoms with Crippen LogP contribution in [0.5, 0.6) is 5.75 Å². The summed E-state index contributed by atoms with van der Waals surface area (Å²) >= 11 is 0. The standard InChI is InChI=1S/C18H26N2O/c1-3-4-14-6-9-17(10-7-14)20-13-15-5-8-16(12-19)18(11-15)21-2/h5,8,11,14,17,20H,3-4,6-7,9-10,13H2,1-2H3. The van der Waals surface area contributed by atoms with Crippen molar-refractivity contribution in [2.24, 2.45) is 5.92 Å². The van der Waals surface area contributed by atoms with E-state index < -0.39 is 0 Å². The summed E-state index contributed by atoms with van der Waals surface area (Å²) in [6.45, 7) is 3.13. The summed E-state index contributed by atoms with van der Waals surface area (Å²) in [5.74, 6) is 1.62. The molecule has 114 valence electrons. The summed E-state index contributed by atoms with van der Waals surface area (Å²) in [6, 6.07) is 8.61. The van der Waals surface area contributed by atoms with Crippen LogP contribution in [0.3, 0.4) is 0 Å². The lowest BCUT2D eigenvalue weighted by Crippen LogP contribution is -2.32. The molecule has 3 nitrogen and oxygen atoms in total. The van der Waals surface area contributed by atoms with Gasteiger partial charge in [0.15, 0.2) is 0 Å². The lowest BCUT2D eigenvalue weighted by Gasteiger charge is -2.29. The molecule has 0 unspecified atom stereocenters. The molecule has 0 radical (unpaired) electrons. The van der Waals surface area contributed by atoms with Crippen molar-refractivity contribution in [2.75, 3.05) is 7.11 Å². The van der Waals surface area contributed by atoms with E-state index in [1.165, 1.54) is 44.1 Å². The van der Waals surface area contributed by atoms with Crippen LogP contribution in [-0.4, -0.2) is 13.2 Å². The van der Waals surface area contributed by atoms with Crippen LogP contribution >= 0.6 is 0 Å². The minimum absolute atomic E-state index is 0.598. The Morgan fingerprint density at radius 3 is 2.67 bits per heavy atom. The minimum Gasteiger partial charge on any atom is -0.495 e. The average Bonchev–Trinajstić information content (AvgIpc) is 2.54. The van der Waals surface area contributed by atoms with Crippen LogP contribution in [-0.2, 0) is 6.54 Å². The third kappa shape index (κ3) is 4.47. The van der Waals surface area contributed by atoms with Crippen LogP contribution in [0.2, 0.25) is 0 Å². The molecule has 0 aliphatic heterocycles. The molecule has 3 heteroatoms. The molecular weight excluding hydrogens is 260 g/mol. The summed E-state index contributed by atoms with van der Waals surface area (Å²) in [6.07, 6.45) is 8.01. The second-order valence-electron chi connectivity index (χ2n) is 6.03. The molecular formula is C18H26N2O. The first kappa shape index (κ1) is 15.9. The van der Waals surface area contributed by atoms with Gasteiger partial charge in [-0.1, -0.05) is 25.8 Å². The van der Waals surface area contributed by atoms with Gasteiger partial charge in [0.1, 0.15) is 11.8 Å². The smallest absolute Gasteiger partial charge is 0.136 e. The van der Waals surface area contributed by atoms with E-state index in [2.05, 4.69) is 18.3 Å². The molecule has 2 rings (SSSR count). The quantitative estimate of drug-likeness (QED) is 0.859. The van der Waals surface area contributed by atoms with Crippen molar-refractivity contribution < 1.29 is 4.74 Å². The van der Waals surface area contributed by atoms with Crippen molar-refractivity contribution in [1.82, 2.24) is 5.32 Å². The fraction of sp³-hybridized carbons (Fsp3) is 0.611. The summed E-state index contributed by atoms with van der Waals surface area (Å²) in [4.78, 5) is 0. The van der Waals surface area contributed by atoms with Gasteiger partial charge in [-0.25, -0.2) is 0 Å². The number of nitriles is 1. The van der Waals surface area contributed by atoms with E-state index in [0.29, 0.717) is 17.4 Å². The molecule has 0 saturated heterocycles. The van der Waals surface area contributed by atoms with E-state index in [0.717, 1.165) is 12.5 Å². The van der Waals surface area contributed by atoms with Gasteiger partial charge in [0.05, 0.1) is 12.7 Å². The van der Waals surface area contributed by atoms with E-state index in [4.69, 9.17) is 10.00 Å². The summed E-state index contributed by atoms with van der Waals surface area (Å²) < 4.78 is 5.26. The number of rotatable bonds is 6. The van der Waals surface area contributed by atoms with E-state index in [-0.39, 0.29) is 0 Å². The molecule has 0 spiro atoms. The maximum Gasteiger partial charge on any atom is 0.136 e. The molecule has 0 atom stereocenters.